The summed E-state index contributed by atoms with van der Waals surface area (Å²) >= 11 is 0.281. The number of nitrogen functional groups attached to an aromatic ring is 1. The van der Waals surface area contributed by atoms with E-state index in [1.54, 1.807) is 0 Å². The average molecular weight is 211 g/mol. The van der Waals surface area contributed by atoms with Crippen molar-refractivity contribution in [1.29, 1.82) is 0 Å². The van der Waals surface area contributed by atoms with Gasteiger partial charge in [0.2, 0.25) is 0 Å². The Balaban J connectivity index is 2.82. The van der Waals surface area contributed by atoms with Crippen LogP contribution in [0, 0.1) is 6.92 Å². The maximum atomic E-state index is 5.61. The van der Waals surface area contributed by atoms with E-state index < -0.39 is 0 Å². The summed E-state index contributed by atoms with van der Waals surface area (Å²) in [5, 5.41) is 0. The fourth-order valence-corrected chi connectivity index (χ4v) is 2.55. The third kappa shape index (κ3) is 1.17. The summed E-state index contributed by atoms with van der Waals surface area (Å²) in [6, 6.07) is 6.31. The Labute approximate surface area is 70.8 Å². The Kier molecular flexibility index (Phi) is 1.48. The van der Waals surface area contributed by atoms with Crippen LogP contribution in [0.5, 0.6) is 0 Å². The molecule has 2 nitrogen and oxygen atoms in total. The molecule has 0 aliphatic heterocycles. The van der Waals surface area contributed by atoms with Crippen molar-refractivity contribution >= 4 is 29.0 Å². The van der Waals surface area contributed by atoms with E-state index in [1.165, 1.54) is 9.82 Å². The Morgan fingerprint density at radius 1 is 1.45 bits per heavy atom. The molecule has 0 radical (unpaired) electrons. The van der Waals surface area contributed by atoms with Gasteiger partial charge in [0.15, 0.2) is 0 Å². The van der Waals surface area contributed by atoms with Crippen LogP contribution in [0.4, 0.5) is 4.69 Å². The zero-order valence-electron chi connectivity index (χ0n) is 6.16. The minimum absolute atomic E-state index is 0.281. The molecule has 0 aliphatic carbocycles. The van der Waals surface area contributed by atoms with E-state index >= 15 is 0 Å². The van der Waals surface area contributed by atoms with E-state index in [0.29, 0.717) is 0 Å². The van der Waals surface area contributed by atoms with Gasteiger partial charge >= 0.3 is 70.4 Å². The standard InChI is InChI=1S/C8H8N2Se/c1-5-2-3-7-6(4-5)10-8(9)11-7/h2-4H,1H3,(H2,9,10). The van der Waals surface area contributed by atoms with E-state index in [0.717, 1.165) is 10.2 Å². The first-order valence-electron chi connectivity index (χ1n) is 3.38. The molecule has 0 aliphatic rings. The second-order valence-electron chi connectivity index (χ2n) is 2.52. The SMILES string of the molecule is Cc1ccc2[se]c(N)nc2c1. The normalized spacial score (nSPS) is 10.6. The maximum absolute atomic E-state index is 5.61. The van der Waals surface area contributed by atoms with Gasteiger partial charge in [0.1, 0.15) is 0 Å². The van der Waals surface area contributed by atoms with Gasteiger partial charge in [0.25, 0.3) is 0 Å². The van der Waals surface area contributed by atoms with Crippen LogP contribution in [-0.4, -0.2) is 19.5 Å². The Morgan fingerprint density at radius 2 is 2.27 bits per heavy atom. The summed E-state index contributed by atoms with van der Waals surface area (Å²) in [5.74, 6) is 0. The average Bonchev–Trinajstić information content (AvgIpc) is 2.27. The summed E-state index contributed by atoms with van der Waals surface area (Å²) < 4.78 is 2.10. The van der Waals surface area contributed by atoms with Gasteiger partial charge < -0.3 is 0 Å². The van der Waals surface area contributed by atoms with Crippen molar-refractivity contribution in [1.82, 2.24) is 4.98 Å². The molecule has 1 heterocycles. The van der Waals surface area contributed by atoms with Crippen molar-refractivity contribution < 1.29 is 0 Å². The number of nitrogens with zero attached hydrogens (tertiary/aromatic N) is 1. The van der Waals surface area contributed by atoms with Crippen LogP contribution in [0.2, 0.25) is 0 Å². The summed E-state index contributed by atoms with van der Waals surface area (Å²) in [5.41, 5.74) is 7.93. The molecule has 0 bridgehead atoms. The summed E-state index contributed by atoms with van der Waals surface area (Å²) in [6.07, 6.45) is 0. The predicted molar refractivity (Wildman–Crippen MR) is 47.8 cm³/mol. The van der Waals surface area contributed by atoms with Crippen LogP contribution in [0.1, 0.15) is 5.56 Å². The van der Waals surface area contributed by atoms with Crippen molar-refractivity contribution in [3.8, 4) is 0 Å². The van der Waals surface area contributed by atoms with Crippen molar-refractivity contribution in [2.45, 2.75) is 6.92 Å². The molecule has 2 N–H and O–H groups in total. The Hall–Kier alpha value is -0.791. The molecule has 0 saturated heterocycles. The van der Waals surface area contributed by atoms with Gasteiger partial charge in [-0.25, -0.2) is 0 Å². The number of aromatic nitrogens is 1. The first kappa shape index (κ1) is 6.89. The van der Waals surface area contributed by atoms with Crippen molar-refractivity contribution in [3.05, 3.63) is 23.8 Å². The van der Waals surface area contributed by atoms with Gasteiger partial charge in [-0.05, 0) is 0 Å². The molecule has 0 unspecified atom stereocenters. The minimum atomic E-state index is 0.281. The molecule has 1 aromatic carbocycles. The van der Waals surface area contributed by atoms with Gasteiger partial charge in [0.05, 0.1) is 0 Å². The first-order valence-corrected chi connectivity index (χ1v) is 5.10. The van der Waals surface area contributed by atoms with Crippen molar-refractivity contribution in [2.75, 3.05) is 5.73 Å². The Morgan fingerprint density at radius 3 is 3.09 bits per heavy atom. The number of fused-ring (bicyclic) bond motifs is 1. The number of hydrogen-bond donors (Lipinski definition) is 1. The number of anilines is 1. The molecule has 2 aromatic rings. The summed E-state index contributed by atoms with van der Waals surface area (Å²) in [4.78, 5) is 4.24. The fourth-order valence-electron chi connectivity index (χ4n) is 1.06. The van der Waals surface area contributed by atoms with Crippen LogP contribution >= 0.6 is 0 Å². The molecule has 0 amide bonds. The number of nitrogens with two attached hydrogens (primary N) is 1. The molecule has 0 spiro atoms. The van der Waals surface area contributed by atoms with Crippen LogP contribution in [0.15, 0.2) is 18.2 Å². The molecule has 3 heteroatoms. The zero-order valence-corrected chi connectivity index (χ0v) is 7.88. The van der Waals surface area contributed by atoms with Gasteiger partial charge in [-0.15, -0.1) is 0 Å². The molecule has 0 fully saturated rings. The van der Waals surface area contributed by atoms with E-state index in [-0.39, 0.29) is 14.5 Å². The van der Waals surface area contributed by atoms with E-state index in [1.807, 2.05) is 0 Å². The van der Waals surface area contributed by atoms with Crippen LogP contribution in [-0.2, 0) is 0 Å². The quantitative estimate of drug-likeness (QED) is 0.664. The molecule has 56 valence electrons. The molecule has 2 rings (SSSR count). The van der Waals surface area contributed by atoms with Gasteiger partial charge in [0, 0.05) is 0 Å². The van der Waals surface area contributed by atoms with Crippen molar-refractivity contribution in [3.63, 3.8) is 0 Å². The second kappa shape index (κ2) is 2.36. The van der Waals surface area contributed by atoms with Crippen LogP contribution in [0.25, 0.3) is 9.78 Å². The third-order valence-corrected chi connectivity index (χ3v) is 3.38. The fraction of sp³-hybridized carbons (Fsp3) is 0.125. The monoisotopic (exact) mass is 212 g/mol. The van der Waals surface area contributed by atoms with E-state index in [2.05, 4.69) is 30.1 Å². The number of rotatable bonds is 0. The number of aryl methyl sites for hydroxylation is 1. The van der Waals surface area contributed by atoms with Gasteiger partial charge in [-0.2, -0.15) is 0 Å². The molecule has 0 saturated carbocycles. The number of hydrogen-bond acceptors (Lipinski definition) is 2. The van der Waals surface area contributed by atoms with Gasteiger partial charge in [-0.3, -0.25) is 0 Å². The number of benzene rings is 1. The molecule has 0 atom stereocenters. The molecular weight excluding hydrogens is 203 g/mol. The topological polar surface area (TPSA) is 38.9 Å². The van der Waals surface area contributed by atoms with Crippen LogP contribution in [0.3, 0.4) is 0 Å². The second-order valence-corrected chi connectivity index (χ2v) is 4.75. The zero-order chi connectivity index (χ0) is 7.84. The molecule has 11 heavy (non-hydrogen) atoms. The van der Waals surface area contributed by atoms with E-state index in [4.69, 9.17) is 5.73 Å². The van der Waals surface area contributed by atoms with Crippen molar-refractivity contribution in [2.24, 2.45) is 0 Å². The predicted octanol–water partition coefficient (Wildman–Crippen LogP) is 1.18. The molecule has 1 aromatic heterocycles. The van der Waals surface area contributed by atoms with E-state index in [9.17, 15) is 0 Å². The molecular formula is C8H8N2Se. The first-order chi connectivity index (χ1) is 5.25. The Bertz CT molecular complexity index is 392. The summed E-state index contributed by atoms with van der Waals surface area (Å²) in [6.45, 7) is 2.07. The summed E-state index contributed by atoms with van der Waals surface area (Å²) in [7, 11) is 0. The van der Waals surface area contributed by atoms with Gasteiger partial charge in [-0.1, -0.05) is 0 Å². The van der Waals surface area contributed by atoms with Crippen LogP contribution < -0.4 is 5.73 Å². The third-order valence-electron chi connectivity index (χ3n) is 1.56.